The maximum absolute atomic E-state index is 6.19. The number of nitrogens with two attached hydrogens (primary N) is 1. The van der Waals surface area contributed by atoms with Gasteiger partial charge in [-0.3, -0.25) is 4.98 Å². The third-order valence-electron chi connectivity index (χ3n) is 6.59. The quantitative estimate of drug-likeness (QED) is 0.469. The highest BCUT2D eigenvalue weighted by Gasteiger charge is 2.54. The van der Waals surface area contributed by atoms with Crippen molar-refractivity contribution in [2.45, 2.75) is 19.9 Å². The first-order valence-corrected chi connectivity index (χ1v) is 10.6. The lowest BCUT2D eigenvalue weighted by Crippen LogP contribution is -2.29. The maximum atomic E-state index is 6.19. The van der Waals surface area contributed by atoms with Crippen LogP contribution in [0.4, 0.5) is 11.5 Å². The first-order valence-electron chi connectivity index (χ1n) is 10.6. The largest absolute Gasteiger partial charge is 0.423 e. The summed E-state index contributed by atoms with van der Waals surface area (Å²) in [7, 11) is 1.93. The number of ether oxygens (including phenoxy) is 1. The molecule has 158 valence electrons. The van der Waals surface area contributed by atoms with Gasteiger partial charge < -0.3 is 25.7 Å². The van der Waals surface area contributed by atoms with Crippen LogP contribution in [-0.4, -0.2) is 46.1 Å². The molecule has 6 rings (SSSR count). The summed E-state index contributed by atoms with van der Waals surface area (Å²) in [6.07, 6.45) is 1.69. The van der Waals surface area contributed by atoms with E-state index >= 15 is 0 Å². The van der Waals surface area contributed by atoms with Crippen molar-refractivity contribution < 1.29 is 4.74 Å². The topological polar surface area (TPSA) is 105 Å². The van der Waals surface area contributed by atoms with Crippen molar-refractivity contribution in [2.75, 3.05) is 30.4 Å². The highest BCUT2D eigenvalue weighted by Crippen LogP contribution is 2.47. The van der Waals surface area contributed by atoms with Crippen LogP contribution < -0.4 is 20.7 Å². The number of nitrogens with zero attached hydrogens (tertiary/aromatic N) is 4. The molecular weight excluding hydrogens is 390 g/mol. The summed E-state index contributed by atoms with van der Waals surface area (Å²) >= 11 is 0. The van der Waals surface area contributed by atoms with Crippen molar-refractivity contribution in [1.82, 2.24) is 19.9 Å². The number of H-pyrrole nitrogens is 1. The summed E-state index contributed by atoms with van der Waals surface area (Å²) in [6.45, 7) is 5.88. The molecule has 2 atom stereocenters. The molecule has 2 fully saturated rings. The van der Waals surface area contributed by atoms with Crippen molar-refractivity contribution >= 4 is 33.4 Å². The Morgan fingerprint density at radius 3 is 2.68 bits per heavy atom. The van der Waals surface area contributed by atoms with E-state index in [1.54, 1.807) is 6.20 Å². The SMILES string of the molecule is CNc1cc(C)cc2c1[nH]c1nc(Oc3ccc(C)nc3)nc(N3CC4C(N)C4C3)c12. The van der Waals surface area contributed by atoms with Crippen LogP contribution in [0.2, 0.25) is 0 Å². The predicted molar refractivity (Wildman–Crippen MR) is 122 cm³/mol. The number of aryl methyl sites for hydroxylation is 2. The highest BCUT2D eigenvalue weighted by atomic mass is 16.5. The highest BCUT2D eigenvalue weighted by molar-refractivity contribution is 6.14. The van der Waals surface area contributed by atoms with E-state index in [4.69, 9.17) is 20.4 Å². The van der Waals surface area contributed by atoms with Crippen molar-refractivity contribution in [1.29, 1.82) is 0 Å². The minimum absolute atomic E-state index is 0.312. The fraction of sp³-hybridized carbons (Fsp3) is 0.348. The van der Waals surface area contributed by atoms with E-state index in [0.717, 1.165) is 52.2 Å². The Morgan fingerprint density at radius 2 is 1.97 bits per heavy atom. The van der Waals surface area contributed by atoms with Crippen molar-refractivity contribution in [2.24, 2.45) is 17.6 Å². The fourth-order valence-electron chi connectivity index (χ4n) is 4.84. The molecule has 3 aromatic heterocycles. The Hall–Kier alpha value is -3.39. The van der Waals surface area contributed by atoms with Gasteiger partial charge in [-0.2, -0.15) is 9.97 Å². The van der Waals surface area contributed by atoms with Gasteiger partial charge in [-0.1, -0.05) is 0 Å². The molecule has 0 amide bonds. The second-order valence-electron chi connectivity index (χ2n) is 8.71. The zero-order valence-electron chi connectivity index (χ0n) is 17.8. The van der Waals surface area contributed by atoms with E-state index < -0.39 is 0 Å². The lowest BCUT2D eigenvalue weighted by atomic mass is 10.1. The molecular formula is C23H25N7O. The van der Waals surface area contributed by atoms with Gasteiger partial charge in [0, 0.05) is 37.3 Å². The summed E-state index contributed by atoms with van der Waals surface area (Å²) in [5.41, 5.74) is 11.1. The molecule has 0 radical (unpaired) electrons. The van der Waals surface area contributed by atoms with Crippen LogP contribution in [0.15, 0.2) is 30.5 Å². The maximum Gasteiger partial charge on any atom is 0.326 e. The molecule has 1 aliphatic heterocycles. The lowest BCUT2D eigenvalue weighted by molar-refractivity contribution is 0.441. The summed E-state index contributed by atoms with van der Waals surface area (Å²) in [6, 6.07) is 8.75. The Balaban J connectivity index is 1.53. The Bertz CT molecular complexity index is 1300. The van der Waals surface area contributed by atoms with Gasteiger partial charge in [0.1, 0.15) is 17.2 Å². The summed E-state index contributed by atoms with van der Waals surface area (Å²) in [4.78, 5) is 19.7. The van der Waals surface area contributed by atoms with E-state index in [1.165, 1.54) is 5.56 Å². The Morgan fingerprint density at radius 1 is 1.16 bits per heavy atom. The van der Waals surface area contributed by atoms with Gasteiger partial charge in [0.2, 0.25) is 0 Å². The molecule has 2 unspecified atom stereocenters. The average molecular weight is 416 g/mol. The molecule has 1 saturated carbocycles. The van der Waals surface area contributed by atoms with Gasteiger partial charge in [0.05, 0.1) is 22.8 Å². The standard InChI is InChI=1S/C23H25N7O/c1-11-6-14-18-21(27-20(14)17(7-11)25-3)28-23(31-13-5-4-12(2)26-8-13)29-22(18)30-9-15-16(10-30)19(15)24/h4-8,15-16,19,25H,9-10,24H2,1-3H3,(H,27,28,29). The smallest absolute Gasteiger partial charge is 0.326 e. The molecule has 0 bridgehead atoms. The van der Waals surface area contributed by atoms with Crippen LogP contribution >= 0.6 is 0 Å². The average Bonchev–Trinajstić information content (AvgIpc) is 3.12. The lowest BCUT2D eigenvalue weighted by Gasteiger charge is -2.21. The summed E-state index contributed by atoms with van der Waals surface area (Å²) in [5.74, 6) is 2.62. The number of benzene rings is 1. The number of hydrogen-bond acceptors (Lipinski definition) is 7. The fourth-order valence-corrected chi connectivity index (χ4v) is 4.84. The molecule has 4 aromatic rings. The van der Waals surface area contributed by atoms with E-state index in [2.05, 4.69) is 39.2 Å². The number of rotatable bonds is 4. The zero-order valence-corrected chi connectivity index (χ0v) is 17.8. The Labute approximate surface area is 179 Å². The van der Waals surface area contributed by atoms with E-state index in [9.17, 15) is 0 Å². The third kappa shape index (κ3) is 2.90. The second kappa shape index (κ2) is 6.55. The Kier molecular flexibility index (Phi) is 3.89. The van der Waals surface area contributed by atoms with Crippen LogP contribution in [0.25, 0.3) is 21.9 Å². The molecule has 4 N–H and O–H groups in total. The van der Waals surface area contributed by atoms with Crippen molar-refractivity contribution in [3.05, 3.63) is 41.7 Å². The molecule has 1 saturated heterocycles. The normalized spacial score (nSPS) is 22.2. The van der Waals surface area contributed by atoms with Crippen molar-refractivity contribution in [3.63, 3.8) is 0 Å². The number of aromatic nitrogens is 4. The minimum Gasteiger partial charge on any atom is -0.423 e. The van der Waals surface area contributed by atoms with Gasteiger partial charge in [-0.05, 0) is 55.5 Å². The molecule has 2 aliphatic rings. The number of pyridine rings is 1. The summed E-state index contributed by atoms with van der Waals surface area (Å²) < 4.78 is 6.01. The molecule has 0 spiro atoms. The third-order valence-corrected chi connectivity index (χ3v) is 6.59. The van der Waals surface area contributed by atoms with E-state index in [0.29, 0.717) is 29.6 Å². The molecule has 8 heteroatoms. The summed E-state index contributed by atoms with van der Waals surface area (Å²) in [5, 5.41) is 5.43. The van der Waals surface area contributed by atoms with Crippen LogP contribution in [-0.2, 0) is 0 Å². The number of aromatic amines is 1. The molecule has 4 heterocycles. The van der Waals surface area contributed by atoms with Gasteiger partial charge in [-0.25, -0.2) is 0 Å². The minimum atomic E-state index is 0.312. The van der Waals surface area contributed by atoms with Gasteiger partial charge in [0.15, 0.2) is 0 Å². The first kappa shape index (κ1) is 18.4. The molecule has 1 aliphatic carbocycles. The first-order chi connectivity index (χ1) is 15.0. The number of piperidine rings is 1. The second-order valence-corrected chi connectivity index (χ2v) is 8.71. The van der Waals surface area contributed by atoms with Crippen LogP contribution in [0, 0.1) is 25.7 Å². The predicted octanol–water partition coefficient (Wildman–Crippen LogP) is 3.35. The van der Waals surface area contributed by atoms with E-state index in [1.807, 2.05) is 26.1 Å². The van der Waals surface area contributed by atoms with Gasteiger partial charge in [-0.15, -0.1) is 0 Å². The molecule has 8 nitrogen and oxygen atoms in total. The number of fused-ring (bicyclic) bond motifs is 4. The van der Waals surface area contributed by atoms with Gasteiger partial charge in [0.25, 0.3) is 0 Å². The molecule has 31 heavy (non-hydrogen) atoms. The van der Waals surface area contributed by atoms with Crippen molar-refractivity contribution in [3.8, 4) is 11.8 Å². The zero-order chi connectivity index (χ0) is 21.3. The molecule has 1 aromatic carbocycles. The van der Waals surface area contributed by atoms with E-state index in [-0.39, 0.29) is 0 Å². The van der Waals surface area contributed by atoms with Crippen LogP contribution in [0.5, 0.6) is 11.8 Å². The number of anilines is 2. The van der Waals surface area contributed by atoms with Gasteiger partial charge >= 0.3 is 6.01 Å². The number of hydrogen-bond donors (Lipinski definition) is 3. The van der Waals surface area contributed by atoms with Crippen LogP contribution in [0.1, 0.15) is 11.3 Å². The monoisotopic (exact) mass is 415 g/mol. The van der Waals surface area contributed by atoms with Crippen LogP contribution in [0.3, 0.4) is 0 Å². The number of nitrogens with one attached hydrogen (secondary N) is 2.